The highest BCUT2D eigenvalue weighted by Gasteiger charge is 2.00. The van der Waals surface area contributed by atoms with Crippen molar-refractivity contribution in [2.75, 3.05) is 6.61 Å². The number of carboxylic acids is 1. The van der Waals surface area contributed by atoms with E-state index in [0.717, 1.165) is 25.7 Å². The standard InChI is InChI=1S/C18H33ClO3/c19-17(18(21)22)15-13-11-9-7-5-3-1-2-4-6-8-10-12-14-16-20/h15,20H,1-14,16H2,(H,21,22)/b17-15-. The minimum absolute atomic E-state index is 0.0589. The van der Waals surface area contributed by atoms with Crippen molar-refractivity contribution in [2.45, 2.75) is 89.9 Å². The van der Waals surface area contributed by atoms with E-state index in [-0.39, 0.29) is 5.03 Å². The number of aliphatic carboxylic acids is 1. The molecule has 0 aromatic rings. The average Bonchev–Trinajstić information content (AvgIpc) is 2.50. The van der Waals surface area contributed by atoms with E-state index in [2.05, 4.69) is 0 Å². The molecular formula is C18H33ClO3. The summed E-state index contributed by atoms with van der Waals surface area (Å²) in [6, 6.07) is 0. The maximum Gasteiger partial charge on any atom is 0.346 e. The third-order valence-electron chi connectivity index (χ3n) is 3.89. The Balaban J connectivity index is 3.12. The van der Waals surface area contributed by atoms with Crippen LogP contribution in [0.1, 0.15) is 89.9 Å². The van der Waals surface area contributed by atoms with Crippen molar-refractivity contribution in [3.8, 4) is 0 Å². The van der Waals surface area contributed by atoms with Crippen molar-refractivity contribution in [3.63, 3.8) is 0 Å². The molecular weight excluding hydrogens is 300 g/mol. The van der Waals surface area contributed by atoms with Crippen LogP contribution >= 0.6 is 11.6 Å². The Kier molecular flexibility index (Phi) is 16.4. The van der Waals surface area contributed by atoms with Gasteiger partial charge in [0.2, 0.25) is 0 Å². The van der Waals surface area contributed by atoms with Crippen LogP contribution in [0.25, 0.3) is 0 Å². The van der Waals surface area contributed by atoms with Gasteiger partial charge in [0.25, 0.3) is 0 Å². The number of aliphatic hydroxyl groups excluding tert-OH is 1. The predicted molar refractivity (Wildman–Crippen MR) is 93.3 cm³/mol. The minimum atomic E-state index is -1.03. The zero-order chi connectivity index (χ0) is 16.5. The average molecular weight is 333 g/mol. The van der Waals surface area contributed by atoms with Crippen LogP contribution in [0, 0.1) is 0 Å². The van der Waals surface area contributed by atoms with Crippen molar-refractivity contribution in [1.29, 1.82) is 0 Å². The van der Waals surface area contributed by atoms with Crippen molar-refractivity contribution in [1.82, 2.24) is 0 Å². The number of allylic oxidation sites excluding steroid dienone is 1. The van der Waals surface area contributed by atoms with Crippen LogP contribution in [0.3, 0.4) is 0 Å². The van der Waals surface area contributed by atoms with Crippen LogP contribution in [0.5, 0.6) is 0 Å². The molecule has 0 saturated carbocycles. The molecule has 2 N–H and O–H groups in total. The molecule has 0 rings (SSSR count). The maximum absolute atomic E-state index is 10.5. The van der Waals surface area contributed by atoms with Gasteiger partial charge in [-0.05, 0) is 19.3 Å². The van der Waals surface area contributed by atoms with Crippen molar-refractivity contribution in [3.05, 3.63) is 11.1 Å². The van der Waals surface area contributed by atoms with Gasteiger partial charge in [-0.25, -0.2) is 4.79 Å². The van der Waals surface area contributed by atoms with Crippen molar-refractivity contribution in [2.24, 2.45) is 0 Å². The van der Waals surface area contributed by atoms with Gasteiger partial charge in [-0.15, -0.1) is 0 Å². The molecule has 0 aromatic carbocycles. The summed E-state index contributed by atoms with van der Waals surface area (Å²) in [6.07, 6.45) is 18.4. The fourth-order valence-electron chi connectivity index (χ4n) is 2.52. The number of carboxylic acid groups (broad SMARTS) is 1. The summed E-state index contributed by atoms with van der Waals surface area (Å²) in [7, 11) is 0. The number of carbonyl (C=O) groups is 1. The second-order valence-electron chi connectivity index (χ2n) is 5.97. The summed E-state index contributed by atoms with van der Waals surface area (Å²) in [4.78, 5) is 10.5. The molecule has 0 aliphatic rings. The van der Waals surface area contributed by atoms with Gasteiger partial charge in [-0.3, -0.25) is 0 Å². The van der Waals surface area contributed by atoms with Gasteiger partial charge < -0.3 is 10.2 Å². The number of rotatable bonds is 16. The fraction of sp³-hybridized carbons (Fsp3) is 0.833. The molecule has 0 bridgehead atoms. The first kappa shape index (κ1) is 21.5. The molecule has 0 radical (unpaired) electrons. The van der Waals surface area contributed by atoms with E-state index in [1.54, 1.807) is 6.08 Å². The van der Waals surface area contributed by atoms with Gasteiger partial charge in [-0.1, -0.05) is 88.3 Å². The van der Waals surface area contributed by atoms with Crippen LogP contribution in [-0.4, -0.2) is 22.8 Å². The molecule has 0 amide bonds. The molecule has 3 nitrogen and oxygen atoms in total. The lowest BCUT2D eigenvalue weighted by molar-refractivity contribution is -0.131. The molecule has 4 heteroatoms. The third kappa shape index (κ3) is 15.8. The molecule has 0 saturated heterocycles. The lowest BCUT2D eigenvalue weighted by Crippen LogP contribution is -1.93. The molecule has 0 aliphatic carbocycles. The molecule has 0 aromatic heterocycles. The first-order valence-electron chi connectivity index (χ1n) is 8.88. The van der Waals surface area contributed by atoms with Crippen LogP contribution in [-0.2, 0) is 4.79 Å². The Hall–Kier alpha value is -0.540. The molecule has 22 heavy (non-hydrogen) atoms. The van der Waals surface area contributed by atoms with Crippen LogP contribution in [0.15, 0.2) is 11.1 Å². The topological polar surface area (TPSA) is 57.5 Å². The zero-order valence-corrected chi connectivity index (χ0v) is 14.6. The van der Waals surface area contributed by atoms with E-state index in [9.17, 15) is 4.79 Å². The second-order valence-corrected chi connectivity index (χ2v) is 6.37. The SMILES string of the molecule is O=C(O)/C(Cl)=C/CCCCCCCCCCCCCCCO. The van der Waals surface area contributed by atoms with Gasteiger partial charge in [0.05, 0.1) is 0 Å². The first-order valence-corrected chi connectivity index (χ1v) is 9.26. The summed E-state index contributed by atoms with van der Waals surface area (Å²) in [5, 5.41) is 17.2. The minimum Gasteiger partial charge on any atom is -0.477 e. The lowest BCUT2D eigenvalue weighted by Gasteiger charge is -2.02. The summed E-state index contributed by atoms with van der Waals surface area (Å²) in [5.41, 5.74) is 0. The highest BCUT2D eigenvalue weighted by atomic mass is 35.5. The lowest BCUT2D eigenvalue weighted by atomic mass is 10.0. The molecule has 0 heterocycles. The Morgan fingerprint density at radius 3 is 1.45 bits per heavy atom. The summed E-state index contributed by atoms with van der Waals surface area (Å²) < 4.78 is 0. The Morgan fingerprint density at radius 2 is 1.09 bits per heavy atom. The van der Waals surface area contributed by atoms with E-state index < -0.39 is 5.97 Å². The summed E-state index contributed by atoms with van der Waals surface area (Å²) >= 11 is 5.52. The number of hydrogen-bond acceptors (Lipinski definition) is 2. The third-order valence-corrected chi connectivity index (χ3v) is 4.21. The van der Waals surface area contributed by atoms with Crippen LogP contribution < -0.4 is 0 Å². The highest BCUT2D eigenvalue weighted by Crippen LogP contribution is 2.13. The van der Waals surface area contributed by atoms with Crippen molar-refractivity contribution >= 4 is 17.6 Å². The number of unbranched alkanes of at least 4 members (excludes halogenated alkanes) is 13. The van der Waals surface area contributed by atoms with Crippen LogP contribution in [0.2, 0.25) is 0 Å². The van der Waals surface area contributed by atoms with E-state index in [4.69, 9.17) is 21.8 Å². The smallest absolute Gasteiger partial charge is 0.346 e. The normalized spacial score (nSPS) is 11.8. The number of aliphatic hydroxyl groups is 1. The van der Waals surface area contributed by atoms with Crippen LogP contribution in [0.4, 0.5) is 0 Å². The number of halogens is 1. The Morgan fingerprint density at radius 1 is 0.727 bits per heavy atom. The Labute approximate surface area is 140 Å². The molecule has 0 aliphatic heterocycles. The maximum atomic E-state index is 10.5. The summed E-state index contributed by atoms with van der Waals surface area (Å²) in [6.45, 7) is 0.336. The highest BCUT2D eigenvalue weighted by molar-refractivity contribution is 6.40. The fourth-order valence-corrected chi connectivity index (χ4v) is 2.63. The molecule has 0 spiro atoms. The summed E-state index contributed by atoms with van der Waals surface area (Å²) in [5.74, 6) is -1.03. The van der Waals surface area contributed by atoms with Gasteiger partial charge in [0, 0.05) is 6.61 Å². The zero-order valence-electron chi connectivity index (χ0n) is 13.9. The molecule has 0 fully saturated rings. The molecule has 130 valence electrons. The largest absolute Gasteiger partial charge is 0.477 e. The van der Waals surface area contributed by atoms with Crippen molar-refractivity contribution < 1.29 is 15.0 Å². The first-order chi connectivity index (χ1) is 10.7. The number of hydrogen-bond donors (Lipinski definition) is 2. The van der Waals surface area contributed by atoms with E-state index in [0.29, 0.717) is 6.61 Å². The van der Waals surface area contributed by atoms with Gasteiger partial charge >= 0.3 is 5.97 Å². The predicted octanol–water partition coefficient (Wildman–Crippen LogP) is 5.65. The van der Waals surface area contributed by atoms with E-state index in [1.165, 1.54) is 64.2 Å². The monoisotopic (exact) mass is 332 g/mol. The quantitative estimate of drug-likeness (QED) is 0.284. The molecule has 0 atom stereocenters. The van der Waals surface area contributed by atoms with Gasteiger partial charge in [0.1, 0.15) is 5.03 Å². The second kappa shape index (κ2) is 16.8. The van der Waals surface area contributed by atoms with Gasteiger partial charge in [0.15, 0.2) is 0 Å². The Bertz CT molecular complexity index is 290. The molecule has 0 unspecified atom stereocenters. The van der Waals surface area contributed by atoms with Gasteiger partial charge in [-0.2, -0.15) is 0 Å². The van der Waals surface area contributed by atoms with E-state index >= 15 is 0 Å². The van der Waals surface area contributed by atoms with E-state index in [1.807, 2.05) is 0 Å².